The lowest BCUT2D eigenvalue weighted by Gasteiger charge is -2.15. The molecule has 0 spiro atoms. The molecule has 0 radical (unpaired) electrons. The number of aromatic nitrogens is 1. The van der Waals surface area contributed by atoms with Gasteiger partial charge in [-0.3, -0.25) is 0 Å². The minimum Gasteiger partial charge on any atom is -0.406 e. The molecule has 2 aromatic rings. The molecule has 112 valence electrons. The molecule has 1 aromatic carbocycles. The first-order valence-electron chi connectivity index (χ1n) is 5.69. The smallest absolute Gasteiger partial charge is 0.406 e. The Morgan fingerprint density at radius 3 is 2.19 bits per heavy atom. The zero-order valence-corrected chi connectivity index (χ0v) is 11.9. The highest BCUT2D eigenvalue weighted by Crippen LogP contribution is 2.29. The molecule has 0 aliphatic rings. The molecule has 1 atom stereocenters. The number of hydrogen-bond acceptors (Lipinski definition) is 3. The molecule has 21 heavy (non-hydrogen) atoms. The molecule has 0 bridgehead atoms. The lowest BCUT2D eigenvalue weighted by molar-refractivity contribution is -0.274. The van der Waals surface area contributed by atoms with Gasteiger partial charge >= 0.3 is 6.36 Å². The molecule has 0 aliphatic heterocycles. The van der Waals surface area contributed by atoms with E-state index in [0.717, 1.165) is 0 Å². The van der Waals surface area contributed by atoms with Crippen molar-refractivity contribution >= 4 is 23.2 Å². The van der Waals surface area contributed by atoms with Crippen LogP contribution in [0.3, 0.4) is 0 Å². The topological polar surface area (TPSA) is 48.1 Å². The first-order valence-corrected chi connectivity index (χ1v) is 6.45. The number of benzene rings is 1. The van der Waals surface area contributed by atoms with Gasteiger partial charge in [0.05, 0.1) is 6.04 Å². The maximum absolute atomic E-state index is 12.1. The molecule has 0 saturated carbocycles. The predicted octanol–water partition coefficient (Wildman–Crippen LogP) is 4.34. The first-order chi connectivity index (χ1) is 9.76. The summed E-state index contributed by atoms with van der Waals surface area (Å²) in [6.45, 7) is 0. The van der Waals surface area contributed by atoms with Gasteiger partial charge in [0.15, 0.2) is 0 Å². The highest BCUT2D eigenvalue weighted by molar-refractivity contribution is 6.32. The standard InChI is InChI=1S/C13H9Cl2F3N2O/c14-10-6-5-9(12(15)20-10)11(19)7-1-3-8(4-2-7)21-13(16,17)18/h1-6,11H,19H2/t11-/m1/s1. The van der Waals surface area contributed by atoms with E-state index in [-0.39, 0.29) is 16.1 Å². The minimum absolute atomic E-state index is 0.144. The van der Waals surface area contributed by atoms with Gasteiger partial charge < -0.3 is 10.5 Å². The summed E-state index contributed by atoms with van der Waals surface area (Å²) < 4.78 is 40.0. The van der Waals surface area contributed by atoms with Crippen LogP contribution in [0.5, 0.6) is 5.75 Å². The van der Waals surface area contributed by atoms with Crippen LogP contribution < -0.4 is 10.5 Å². The predicted molar refractivity (Wildman–Crippen MR) is 73.4 cm³/mol. The number of nitrogens with zero attached hydrogens (tertiary/aromatic N) is 1. The third-order valence-electron chi connectivity index (χ3n) is 2.65. The van der Waals surface area contributed by atoms with Crippen molar-refractivity contribution in [3.8, 4) is 5.75 Å². The van der Waals surface area contributed by atoms with Gasteiger partial charge in [-0.15, -0.1) is 13.2 Å². The second kappa shape index (κ2) is 6.09. The highest BCUT2D eigenvalue weighted by Gasteiger charge is 2.31. The van der Waals surface area contributed by atoms with Crippen molar-refractivity contribution in [3.05, 3.63) is 57.8 Å². The summed E-state index contributed by atoms with van der Waals surface area (Å²) in [5.41, 5.74) is 7.10. The van der Waals surface area contributed by atoms with Gasteiger partial charge in [-0.05, 0) is 23.8 Å². The van der Waals surface area contributed by atoms with Crippen LogP contribution in [0.4, 0.5) is 13.2 Å². The Balaban J connectivity index is 2.22. The van der Waals surface area contributed by atoms with E-state index in [2.05, 4.69) is 9.72 Å². The van der Waals surface area contributed by atoms with Crippen molar-refractivity contribution in [1.82, 2.24) is 4.98 Å². The van der Waals surface area contributed by atoms with Crippen molar-refractivity contribution in [2.75, 3.05) is 0 Å². The van der Waals surface area contributed by atoms with Crippen LogP contribution >= 0.6 is 23.2 Å². The van der Waals surface area contributed by atoms with Gasteiger partial charge in [0.25, 0.3) is 0 Å². The fraction of sp³-hybridized carbons (Fsp3) is 0.154. The van der Waals surface area contributed by atoms with E-state index in [4.69, 9.17) is 28.9 Å². The Morgan fingerprint density at radius 1 is 1.05 bits per heavy atom. The van der Waals surface area contributed by atoms with Crippen LogP contribution in [0.15, 0.2) is 36.4 Å². The van der Waals surface area contributed by atoms with Crippen molar-refractivity contribution in [2.45, 2.75) is 12.4 Å². The van der Waals surface area contributed by atoms with Gasteiger partial charge in [-0.2, -0.15) is 0 Å². The molecule has 3 nitrogen and oxygen atoms in total. The Labute approximate surface area is 128 Å². The molecule has 0 amide bonds. The largest absolute Gasteiger partial charge is 0.573 e. The lowest BCUT2D eigenvalue weighted by Crippen LogP contribution is -2.17. The number of hydrogen-bond donors (Lipinski definition) is 1. The fourth-order valence-corrected chi connectivity index (χ4v) is 2.17. The SMILES string of the molecule is N[C@H](c1ccc(OC(F)(F)F)cc1)c1ccc(Cl)nc1Cl. The third kappa shape index (κ3) is 4.23. The highest BCUT2D eigenvalue weighted by atomic mass is 35.5. The first kappa shape index (κ1) is 15.9. The second-order valence-electron chi connectivity index (χ2n) is 4.11. The Hall–Kier alpha value is -1.50. The third-order valence-corrected chi connectivity index (χ3v) is 3.16. The van der Waals surface area contributed by atoms with Crippen molar-refractivity contribution in [2.24, 2.45) is 5.73 Å². The maximum atomic E-state index is 12.1. The molecular formula is C13H9Cl2F3N2O. The maximum Gasteiger partial charge on any atom is 0.573 e. The average Bonchev–Trinajstić information content (AvgIpc) is 2.37. The summed E-state index contributed by atoms with van der Waals surface area (Å²) in [7, 11) is 0. The zero-order valence-electron chi connectivity index (χ0n) is 10.4. The molecule has 1 heterocycles. The minimum atomic E-state index is -4.73. The number of pyridine rings is 1. The Kier molecular flexibility index (Phi) is 4.61. The molecule has 0 saturated heterocycles. The Bertz CT molecular complexity index is 632. The number of alkyl halides is 3. The molecule has 0 aliphatic carbocycles. The quantitative estimate of drug-likeness (QED) is 0.848. The van der Waals surface area contributed by atoms with Gasteiger partial charge in [0.2, 0.25) is 0 Å². The molecule has 2 N–H and O–H groups in total. The van der Waals surface area contributed by atoms with Crippen LogP contribution in [-0.2, 0) is 0 Å². The van der Waals surface area contributed by atoms with E-state index in [1.54, 1.807) is 6.07 Å². The Morgan fingerprint density at radius 2 is 1.67 bits per heavy atom. The van der Waals surface area contributed by atoms with E-state index in [9.17, 15) is 13.2 Å². The van der Waals surface area contributed by atoms with Gasteiger partial charge in [-0.25, -0.2) is 4.98 Å². The van der Waals surface area contributed by atoms with Crippen molar-refractivity contribution in [1.29, 1.82) is 0 Å². The summed E-state index contributed by atoms with van der Waals surface area (Å²) in [6.07, 6.45) is -4.73. The van der Waals surface area contributed by atoms with Crippen molar-refractivity contribution < 1.29 is 17.9 Å². The van der Waals surface area contributed by atoms with Crippen LogP contribution in [0.1, 0.15) is 17.2 Å². The lowest BCUT2D eigenvalue weighted by atomic mass is 10.0. The van der Waals surface area contributed by atoms with E-state index < -0.39 is 12.4 Å². The summed E-state index contributed by atoms with van der Waals surface area (Å²) in [5.74, 6) is -0.321. The molecule has 0 fully saturated rings. The molecule has 1 aromatic heterocycles. The van der Waals surface area contributed by atoms with Crippen LogP contribution in [-0.4, -0.2) is 11.3 Å². The molecule has 2 rings (SSSR count). The zero-order chi connectivity index (χ0) is 15.6. The van der Waals surface area contributed by atoms with Gasteiger partial charge in [0, 0.05) is 5.56 Å². The second-order valence-corrected chi connectivity index (χ2v) is 4.85. The molecular weight excluding hydrogens is 328 g/mol. The fourth-order valence-electron chi connectivity index (χ4n) is 1.71. The normalized spacial score (nSPS) is 13.0. The van der Waals surface area contributed by atoms with Crippen LogP contribution in [0, 0.1) is 0 Å². The van der Waals surface area contributed by atoms with E-state index in [1.165, 1.54) is 30.3 Å². The number of rotatable bonds is 3. The number of halogens is 5. The van der Waals surface area contributed by atoms with E-state index in [0.29, 0.717) is 11.1 Å². The monoisotopic (exact) mass is 336 g/mol. The summed E-state index contributed by atoms with van der Waals surface area (Å²) in [5, 5.41) is 0.371. The van der Waals surface area contributed by atoms with Crippen LogP contribution in [0.25, 0.3) is 0 Å². The summed E-state index contributed by atoms with van der Waals surface area (Å²) in [4.78, 5) is 3.86. The molecule has 0 unspecified atom stereocenters. The number of nitrogens with two attached hydrogens (primary N) is 1. The summed E-state index contributed by atoms with van der Waals surface area (Å²) in [6, 6.07) is 7.72. The van der Waals surface area contributed by atoms with E-state index >= 15 is 0 Å². The van der Waals surface area contributed by atoms with Gasteiger partial charge in [-0.1, -0.05) is 41.4 Å². The summed E-state index contributed by atoms with van der Waals surface area (Å²) >= 11 is 11.6. The van der Waals surface area contributed by atoms with Crippen LogP contribution in [0.2, 0.25) is 10.3 Å². The van der Waals surface area contributed by atoms with Crippen molar-refractivity contribution in [3.63, 3.8) is 0 Å². The molecule has 8 heteroatoms. The van der Waals surface area contributed by atoms with Gasteiger partial charge in [0.1, 0.15) is 16.1 Å². The number of ether oxygens (including phenoxy) is 1. The van der Waals surface area contributed by atoms with E-state index in [1.807, 2.05) is 0 Å². The average molecular weight is 337 g/mol.